The van der Waals surface area contributed by atoms with E-state index in [1.807, 2.05) is 0 Å². The molecule has 0 radical (unpaired) electrons. The molecular weight excluding hydrogens is 376 g/mol. The molecule has 28 heavy (non-hydrogen) atoms. The van der Waals surface area contributed by atoms with Gasteiger partial charge in [-0.05, 0) is 19.4 Å². The summed E-state index contributed by atoms with van der Waals surface area (Å²) in [6, 6.07) is 0. The number of thiophene rings is 1. The maximum absolute atomic E-state index is 6.18. The van der Waals surface area contributed by atoms with Crippen LogP contribution in [0.4, 0.5) is 5.82 Å². The highest BCUT2D eigenvalue weighted by Crippen LogP contribution is 2.43. The monoisotopic (exact) mass is 396 g/mol. The van der Waals surface area contributed by atoms with Crippen LogP contribution in [0.25, 0.3) is 26.1 Å². The third-order valence-electron chi connectivity index (χ3n) is 5.60. The summed E-state index contributed by atoms with van der Waals surface area (Å²) in [6.07, 6.45) is 4.15. The maximum Gasteiger partial charge on any atom is 0.176 e. The predicted molar refractivity (Wildman–Crippen MR) is 107 cm³/mol. The minimum absolute atomic E-state index is 0.212. The molecule has 2 aliphatic rings. The Morgan fingerprint density at radius 1 is 1.14 bits per heavy atom. The lowest BCUT2D eigenvalue weighted by atomic mass is 9.90. The molecular formula is C19H20N6O2S. The molecule has 0 aliphatic carbocycles. The molecule has 0 aromatic carbocycles. The predicted octanol–water partition coefficient (Wildman–Crippen LogP) is 2.58. The van der Waals surface area contributed by atoms with Gasteiger partial charge < -0.3 is 14.4 Å². The molecule has 1 saturated heterocycles. The molecule has 2 aliphatic heterocycles. The van der Waals surface area contributed by atoms with E-state index in [1.165, 1.54) is 11.1 Å². The number of hydrogen-bond acceptors (Lipinski definition) is 8. The van der Waals surface area contributed by atoms with E-state index in [0.29, 0.717) is 6.61 Å². The third-order valence-corrected chi connectivity index (χ3v) is 6.67. The second kappa shape index (κ2) is 5.82. The minimum atomic E-state index is -0.212. The molecule has 6 heterocycles. The summed E-state index contributed by atoms with van der Waals surface area (Å²) in [7, 11) is 0. The van der Waals surface area contributed by atoms with Gasteiger partial charge in [0, 0.05) is 30.5 Å². The van der Waals surface area contributed by atoms with Gasteiger partial charge in [0.2, 0.25) is 0 Å². The van der Waals surface area contributed by atoms with Crippen LogP contribution in [0.1, 0.15) is 25.0 Å². The number of fused-ring (bicyclic) bond motifs is 7. The number of rotatable bonds is 1. The summed E-state index contributed by atoms with van der Waals surface area (Å²) in [5.41, 5.74) is 4.09. The van der Waals surface area contributed by atoms with Crippen molar-refractivity contribution in [1.29, 1.82) is 0 Å². The standard InChI is InChI=1S/C19H20N6O2S/c1-19(2)7-11-12(8-27-19)16(24-3-5-26-6-4-24)23-18-13(11)14-15(28-18)17-20-9-22-25(17)10-21-14/h9-10H,3-8H2,1-2H3. The molecule has 0 spiro atoms. The van der Waals surface area contributed by atoms with Gasteiger partial charge in [0.05, 0.1) is 30.9 Å². The number of nitrogens with zero attached hydrogens (tertiary/aromatic N) is 6. The van der Waals surface area contributed by atoms with Gasteiger partial charge in [-0.2, -0.15) is 5.10 Å². The van der Waals surface area contributed by atoms with Crippen molar-refractivity contribution in [2.75, 3.05) is 31.2 Å². The highest BCUT2D eigenvalue weighted by atomic mass is 32.1. The van der Waals surface area contributed by atoms with Crippen LogP contribution in [-0.4, -0.2) is 56.5 Å². The zero-order chi connectivity index (χ0) is 18.9. The van der Waals surface area contributed by atoms with Crippen LogP contribution < -0.4 is 4.90 Å². The fourth-order valence-electron chi connectivity index (χ4n) is 4.22. The number of aromatic nitrogens is 5. The summed E-state index contributed by atoms with van der Waals surface area (Å²) in [4.78, 5) is 17.6. The minimum Gasteiger partial charge on any atom is -0.378 e. The SMILES string of the molecule is CC1(C)Cc2c(c(N3CCOCC3)nc3sc4c(ncn5ncnc45)c23)CO1. The Morgan fingerprint density at radius 2 is 2.00 bits per heavy atom. The summed E-state index contributed by atoms with van der Waals surface area (Å²) in [5, 5.41) is 5.37. The van der Waals surface area contributed by atoms with Gasteiger partial charge in [-0.1, -0.05) is 0 Å². The van der Waals surface area contributed by atoms with E-state index in [1.54, 1.807) is 28.5 Å². The lowest BCUT2D eigenvalue weighted by Crippen LogP contribution is -2.39. The van der Waals surface area contributed by atoms with Crippen LogP contribution in [-0.2, 0) is 22.5 Å². The summed E-state index contributed by atoms with van der Waals surface area (Å²) in [5.74, 6) is 1.03. The van der Waals surface area contributed by atoms with E-state index in [0.717, 1.165) is 64.6 Å². The molecule has 4 aromatic rings. The van der Waals surface area contributed by atoms with E-state index < -0.39 is 0 Å². The molecule has 0 bridgehead atoms. The summed E-state index contributed by atoms with van der Waals surface area (Å²) >= 11 is 1.65. The van der Waals surface area contributed by atoms with Crippen LogP contribution in [0.5, 0.6) is 0 Å². The highest BCUT2D eigenvalue weighted by molar-refractivity contribution is 7.26. The topological polar surface area (TPSA) is 77.7 Å². The Bertz CT molecular complexity index is 1220. The van der Waals surface area contributed by atoms with Gasteiger partial charge >= 0.3 is 0 Å². The first kappa shape index (κ1) is 16.6. The zero-order valence-corrected chi connectivity index (χ0v) is 16.6. The fraction of sp³-hybridized carbons (Fsp3) is 0.474. The van der Waals surface area contributed by atoms with Crippen LogP contribution >= 0.6 is 11.3 Å². The van der Waals surface area contributed by atoms with Crippen molar-refractivity contribution in [3.8, 4) is 0 Å². The van der Waals surface area contributed by atoms with Crippen LogP contribution in [0.3, 0.4) is 0 Å². The first-order valence-corrected chi connectivity index (χ1v) is 10.3. The van der Waals surface area contributed by atoms with Crippen LogP contribution in [0.15, 0.2) is 12.7 Å². The quantitative estimate of drug-likeness (QED) is 0.489. The number of pyridine rings is 1. The van der Waals surface area contributed by atoms with E-state index in [4.69, 9.17) is 19.4 Å². The van der Waals surface area contributed by atoms with Crippen LogP contribution in [0, 0.1) is 0 Å². The maximum atomic E-state index is 6.18. The Kier molecular flexibility index (Phi) is 3.45. The second-order valence-electron chi connectivity index (χ2n) is 7.95. The second-order valence-corrected chi connectivity index (χ2v) is 8.95. The van der Waals surface area contributed by atoms with E-state index in [-0.39, 0.29) is 5.60 Å². The Hall–Kier alpha value is -2.36. The molecule has 144 valence electrons. The molecule has 0 amide bonds. The number of hydrogen-bond donors (Lipinski definition) is 0. The van der Waals surface area contributed by atoms with Crippen molar-refractivity contribution in [3.05, 3.63) is 23.8 Å². The molecule has 8 nitrogen and oxygen atoms in total. The van der Waals surface area contributed by atoms with Gasteiger partial charge in [0.25, 0.3) is 0 Å². The van der Waals surface area contributed by atoms with Crippen molar-refractivity contribution in [2.45, 2.75) is 32.5 Å². The highest BCUT2D eigenvalue weighted by Gasteiger charge is 2.33. The molecule has 0 saturated carbocycles. The van der Waals surface area contributed by atoms with Crippen molar-refractivity contribution in [1.82, 2.24) is 24.6 Å². The number of ether oxygens (including phenoxy) is 2. The lowest BCUT2D eigenvalue weighted by molar-refractivity contribution is -0.0396. The molecule has 0 atom stereocenters. The van der Waals surface area contributed by atoms with Gasteiger partial charge in [-0.3, -0.25) is 0 Å². The van der Waals surface area contributed by atoms with Crippen LogP contribution in [0.2, 0.25) is 0 Å². The van der Waals surface area contributed by atoms with Gasteiger partial charge in [-0.15, -0.1) is 11.3 Å². The molecule has 0 unspecified atom stereocenters. The molecule has 1 fully saturated rings. The lowest BCUT2D eigenvalue weighted by Gasteiger charge is -2.36. The molecule has 6 rings (SSSR count). The van der Waals surface area contributed by atoms with E-state index >= 15 is 0 Å². The van der Waals surface area contributed by atoms with Gasteiger partial charge in [-0.25, -0.2) is 19.5 Å². The average Bonchev–Trinajstić information content (AvgIpc) is 3.31. The number of anilines is 1. The first-order chi connectivity index (χ1) is 13.6. The fourth-order valence-corrected chi connectivity index (χ4v) is 5.36. The van der Waals surface area contributed by atoms with Crippen molar-refractivity contribution in [2.24, 2.45) is 0 Å². The molecule has 0 N–H and O–H groups in total. The smallest absolute Gasteiger partial charge is 0.176 e. The Labute approximate surface area is 165 Å². The average molecular weight is 396 g/mol. The van der Waals surface area contributed by atoms with Crippen molar-refractivity contribution >= 4 is 43.2 Å². The Balaban J connectivity index is 1.69. The number of morpholine rings is 1. The zero-order valence-electron chi connectivity index (χ0n) is 15.8. The van der Waals surface area contributed by atoms with E-state index in [2.05, 4.69) is 28.8 Å². The third kappa shape index (κ3) is 2.36. The van der Waals surface area contributed by atoms with Gasteiger partial charge in [0.15, 0.2) is 5.65 Å². The van der Waals surface area contributed by atoms with Gasteiger partial charge in [0.1, 0.15) is 28.0 Å². The Morgan fingerprint density at radius 3 is 2.86 bits per heavy atom. The summed E-state index contributed by atoms with van der Waals surface area (Å²) < 4.78 is 14.5. The van der Waals surface area contributed by atoms with Crippen molar-refractivity contribution < 1.29 is 9.47 Å². The first-order valence-electron chi connectivity index (χ1n) is 9.50. The normalized spacial score (nSPS) is 19.6. The van der Waals surface area contributed by atoms with E-state index in [9.17, 15) is 0 Å². The summed E-state index contributed by atoms with van der Waals surface area (Å²) in [6.45, 7) is 8.04. The van der Waals surface area contributed by atoms with Crippen molar-refractivity contribution in [3.63, 3.8) is 0 Å². The largest absolute Gasteiger partial charge is 0.378 e. The molecule has 9 heteroatoms. The molecule has 4 aromatic heterocycles.